The fourth-order valence-electron chi connectivity index (χ4n) is 5.56. The van der Waals surface area contributed by atoms with Crippen LogP contribution in [-0.2, 0) is 0 Å². The molecule has 0 radical (unpaired) electrons. The first-order valence-corrected chi connectivity index (χ1v) is 13.8. The van der Waals surface area contributed by atoms with Crippen LogP contribution in [0.2, 0.25) is 0 Å². The summed E-state index contributed by atoms with van der Waals surface area (Å²) in [7, 11) is 0. The van der Waals surface area contributed by atoms with Crippen molar-refractivity contribution in [3.05, 3.63) is 71.3 Å². The van der Waals surface area contributed by atoms with E-state index in [1.54, 1.807) is 0 Å². The van der Waals surface area contributed by atoms with Gasteiger partial charge in [-0.25, -0.2) is 9.97 Å². The van der Waals surface area contributed by atoms with Crippen molar-refractivity contribution in [3.63, 3.8) is 0 Å². The Bertz CT molecular complexity index is 1370. The van der Waals surface area contributed by atoms with Gasteiger partial charge in [-0.3, -0.25) is 0 Å². The fraction of sp³-hybridized carbons (Fsp3) is 0.375. The monoisotopic (exact) mass is 478 g/mol. The van der Waals surface area contributed by atoms with E-state index >= 15 is 0 Å². The smallest absolute Gasteiger partial charge is 0.0907 e. The molecule has 0 atom stereocenters. The molecular formula is C32H38N4. The van der Waals surface area contributed by atoms with Crippen molar-refractivity contribution in [2.75, 3.05) is 0 Å². The second-order valence-corrected chi connectivity index (χ2v) is 9.93. The molecule has 0 saturated carbocycles. The number of H-pyrrole nitrogens is 2. The second-order valence-electron chi connectivity index (χ2n) is 9.93. The van der Waals surface area contributed by atoms with E-state index in [-0.39, 0.29) is 0 Å². The van der Waals surface area contributed by atoms with E-state index in [0.29, 0.717) is 0 Å². The molecule has 0 spiro atoms. The van der Waals surface area contributed by atoms with Crippen LogP contribution in [0.25, 0.3) is 44.4 Å². The molecule has 0 amide bonds. The lowest BCUT2D eigenvalue weighted by atomic mass is 9.97. The first kappa shape index (κ1) is 24.3. The molecule has 3 aromatic rings. The molecule has 2 aliphatic heterocycles. The summed E-state index contributed by atoms with van der Waals surface area (Å²) in [4.78, 5) is 17.6. The summed E-state index contributed by atoms with van der Waals surface area (Å²) in [6.45, 7) is 9.01. The quantitative estimate of drug-likeness (QED) is 0.339. The van der Waals surface area contributed by atoms with Crippen LogP contribution in [0.1, 0.15) is 102 Å². The summed E-state index contributed by atoms with van der Waals surface area (Å²) in [6, 6.07) is 17.4. The molecule has 186 valence electrons. The van der Waals surface area contributed by atoms with Gasteiger partial charge in [-0.2, -0.15) is 0 Å². The van der Waals surface area contributed by atoms with Gasteiger partial charge in [0.25, 0.3) is 0 Å². The molecule has 2 aliphatic rings. The maximum Gasteiger partial charge on any atom is 0.0907 e. The number of aromatic nitrogens is 4. The Kier molecular flexibility index (Phi) is 7.22. The number of aromatic amines is 2. The van der Waals surface area contributed by atoms with Crippen LogP contribution in [0.15, 0.2) is 48.5 Å². The minimum absolute atomic E-state index is 1.04. The van der Waals surface area contributed by atoms with Crippen LogP contribution < -0.4 is 0 Å². The Morgan fingerprint density at radius 2 is 0.833 bits per heavy atom. The van der Waals surface area contributed by atoms with Gasteiger partial charge in [-0.05, 0) is 96.5 Å². The van der Waals surface area contributed by atoms with Crippen molar-refractivity contribution >= 4 is 44.4 Å². The zero-order chi connectivity index (χ0) is 25.1. The molecule has 8 bridgehead atoms. The largest absolute Gasteiger partial charge is 0.354 e. The van der Waals surface area contributed by atoms with E-state index in [0.717, 1.165) is 96.2 Å². The van der Waals surface area contributed by atoms with Crippen molar-refractivity contribution in [2.45, 2.75) is 79.1 Å². The Morgan fingerprint density at radius 1 is 0.472 bits per heavy atom. The number of fused-ring (bicyclic) bond motifs is 10. The van der Waals surface area contributed by atoms with E-state index in [9.17, 15) is 0 Å². The highest BCUT2D eigenvalue weighted by Crippen LogP contribution is 2.39. The van der Waals surface area contributed by atoms with Crippen LogP contribution in [0, 0.1) is 0 Å². The van der Waals surface area contributed by atoms with Crippen molar-refractivity contribution in [3.8, 4) is 0 Å². The number of hydrogen-bond donors (Lipinski definition) is 2. The first-order valence-electron chi connectivity index (χ1n) is 13.8. The van der Waals surface area contributed by atoms with Crippen LogP contribution in [0.5, 0.6) is 0 Å². The third-order valence-corrected chi connectivity index (χ3v) is 7.15. The third kappa shape index (κ3) is 4.57. The summed E-state index contributed by atoms with van der Waals surface area (Å²) in [5.41, 5.74) is 14.3. The number of nitrogens with one attached hydrogen (secondary N) is 2. The van der Waals surface area contributed by atoms with Crippen molar-refractivity contribution in [1.29, 1.82) is 0 Å². The minimum atomic E-state index is 1.04. The predicted molar refractivity (Wildman–Crippen MR) is 154 cm³/mol. The lowest BCUT2D eigenvalue weighted by Crippen LogP contribution is -1.86. The van der Waals surface area contributed by atoms with Crippen LogP contribution in [-0.4, -0.2) is 19.9 Å². The van der Waals surface area contributed by atoms with Gasteiger partial charge in [0.2, 0.25) is 0 Å². The van der Waals surface area contributed by atoms with Gasteiger partial charge in [0, 0.05) is 11.0 Å². The van der Waals surface area contributed by atoms with Gasteiger partial charge in [0.1, 0.15) is 0 Å². The predicted octanol–water partition coefficient (Wildman–Crippen LogP) is 9.34. The molecule has 5 heterocycles. The summed E-state index contributed by atoms with van der Waals surface area (Å²) < 4.78 is 0. The first-order chi connectivity index (χ1) is 17.7. The standard InChI is InChI=1S/C32H38N4/c1-5-9-23-25(11-7-3)31-29-19-15-22(33-29)14-18-28-24(10-6-2)26(12-8-4)32(36-28)30-20-16-21(34-30)13-17-27(23)35-31/h13-20,33-34H,5-12H2,1-4H3. The van der Waals surface area contributed by atoms with Crippen molar-refractivity contribution < 1.29 is 0 Å². The van der Waals surface area contributed by atoms with E-state index in [1.165, 1.54) is 22.3 Å². The maximum absolute atomic E-state index is 5.17. The van der Waals surface area contributed by atoms with Gasteiger partial charge in [-0.15, -0.1) is 0 Å². The fourth-order valence-corrected chi connectivity index (χ4v) is 5.56. The number of nitrogens with zero attached hydrogens (tertiary/aromatic N) is 2. The SMILES string of the molecule is CCCC1=C(CCC)c2nc1ccc1ccc([nH]1)c1nc(ccc3ccc2[nH]3)C(CCC)=C1CCC. The topological polar surface area (TPSA) is 57.4 Å². The lowest BCUT2D eigenvalue weighted by Gasteiger charge is -2.06. The van der Waals surface area contributed by atoms with E-state index < -0.39 is 0 Å². The summed E-state index contributed by atoms with van der Waals surface area (Å²) in [5.74, 6) is 0. The van der Waals surface area contributed by atoms with E-state index in [4.69, 9.17) is 9.97 Å². The average Bonchev–Trinajstić information content (AvgIpc) is 3.65. The maximum atomic E-state index is 5.17. The minimum Gasteiger partial charge on any atom is -0.354 e. The molecule has 0 saturated heterocycles. The number of allylic oxidation sites excluding steroid dienone is 4. The van der Waals surface area contributed by atoms with E-state index in [2.05, 4.69) is 86.2 Å². The van der Waals surface area contributed by atoms with Crippen LogP contribution in [0.4, 0.5) is 0 Å². The Morgan fingerprint density at radius 3 is 1.22 bits per heavy atom. The number of rotatable bonds is 8. The normalized spacial score (nSPS) is 13.7. The molecular weight excluding hydrogens is 440 g/mol. The van der Waals surface area contributed by atoms with Crippen molar-refractivity contribution in [2.24, 2.45) is 0 Å². The molecule has 2 N–H and O–H groups in total. The average molecular weight is 479 g/mol. The molecule has 3 aromatic heterocycles. The zero-order valence-electron chi connectivity index (χ0n) is 22.2. The summed E-state index contributed by atoms with van der Waals surface area (Å²) >= 11 is 0. The van der Waals surface area contributed by atoms with Crippen LogP contribution in [0.3, 0.4) is 0 Å². The lowest BCUT2D eigenvalue weighted by molar-refractivity contribution is 0.951. The molecule has 0 unspecified atom stereocenters. The third-order valence-electron chi connectivity index (χ3n) is 7.15. The number of hydrogen-bond acceptors (Lipinski definition) is 2. The van der Waals surface area contributed by atoms with Crippen molar-refractivity contribution in [1.82, 2.24) is 19.9 Å². The Balaban J connectivity index is 1.82. The van der Waals surface area contributed by atoms with Gasteiger partial charge in [-0.1, -0.05) is 53.4 Å². The van der Waals surface area contributed by atoms with Gasteiger partial charge in [0.15, 0.2) is 0 Å². The Hall–Kier alpha value is -3.40. The van der Waals surface area contributed by atoms with Gasteiger partial charge < -0.3 is 9.97 Å². The van der Waals surface area contributed by atoms with Gasteiger partial charge >= 0.3 is 0 Å². The highest BCUT2D eigenvalue weighted by molar-refractivity contribution is 5.97. The molecule has 0 fully saturated rings. The molecule has 0 aromatic carbocycles. The van der Waals surface area contributed by atoms with Crippen LogP contribution >= 0.6 is 0 Å². The highest BCUT2D eigenvalue weighted by atomic mass is 14.8. The molecule has 36 heavy (non-hydrogen) atoms. The highest BCUT2D eigenvalue weighted by Gasteiger charge is 2.21. The second kappa shape index (κ2) is 10.7. The summed E-state index contributed by atoms with van der Waals surface area (Å²) in [6.07, 6.45) is 8.62. The molecule has 5 rings (SSSR count). The molecule has 4 heteroatoms. The zero-order valence-corrected chi connectivity index (χ0v) is 22.2. The summed E-state index contributed by atoms with van der Waals surface area (Å²) in [5, 5.41) is 0. The molecule has 4 nitrogen and oxygen atoms in total. The molecule has 0 aliphatic carbocycles. The van der Waals surface area contributed by atoms with E-state index in [1.807, 2.05) is 0 Å². The Labute approximate surface area is 214 Å². The van der Waals surface area contributed by atoms with Gasteiger partial charge in [0.05, 0.1) is 33.8 Å².